The Balaban J connectivity index is 3.75. The highest BCUT2D eigenvalue weighted by Crippen LogP contribution is 1.81. The molecule has 0 aromatic heterocycles. The summed E-state index contributed by atoms with van der Waals surface area (Å²) in [5.74, 6) is 4.64. The number of nitrogens with zero attached hydrogens (tertiary/aromatic N) is 1. The lowest BCUT2D eigenvalue weighted by Gasteiger charge is -2.14. The number of hydrazine groups is 1. The second-order valence-corrected chi connectivity index (χ2v) is 2.26. The Kier molecular flexibility index (Phi) is 4.78. The van der Waals surface area contributed by atoms with Crippen molar-refractivity contribution in [1.29, 1.82) is 0 Å². The molecule has 0 saturated carbocycles. The van der Waals surface area contributed by atoms with E-state index in [0.717, 1.165) is 0 Å². The van der Waals surface area contributed by atoms with E-state index in [-0.39, 0.29) is 12.5 Å². The lowest BCUT2D eigenvalue weighted by Crippen LogP contribution is -2.45. The Bertz CT molecular complexity index is 171. The van der Waals surface area contributed by atoms with Gasteiger partial charge in [-0.05, 0) is 6.92 Å². The minimum atomic E-state index is -0.485. The molecule has 0 aliphatic rings. The van der Waals surface area contributed by atoms with Gasteiger partial charge in [0.25, 0.3) is 0 Å². The van der Waals surface area contributed by atoms with Gasteiger partial charge in [0.05, 0.1) is 0 Å². The Morgan fingerprint density at radius 1 is 1.50 bits per heavy atom. The number of urea groups is 1. The van der Waals surface area contributed by atoms with Crippen molar-refractivity contribution in [3.05, 3.63) is 0 Å². The first-order valence-corrected chi connectivity index (χ1v) is 3.60. The van der Waals surface area contributed by atoms with Gasteiger partial charge in [0.15, 0.2) is 0 Å². The molecule has 0 saturated heterocycles. The molecule has 70 valence electrons. The van der Waals surface area contributed by atoms with Crippen LogP contribution < -0.4 is 16.6 Å². The summed E-state index contributed by atoms with van der Waals surface area (Å²) < 4.78 is 0. The predicted octanol–water partition coefficient (Wildman–Crippen LogP) is -1.36. The molecule has 0 bridgehead atoms. The molecule has 0 unspecified atom stereocenters. The van der Waals surface area contributed by atoms with Crippen LogP contribution >= 0.6 is 0 Å². The third kappa shape index (κ3) is 3.77. The van der Waals surface area contributed by atoms with Gasteiger partial charge in [-0.1, -0.05) is 0 Å². The van der Waals surface area contributed by atoms with Crippen molar-refractivity contribution in [3.8, 4) is 0 Å². The molecule has 0 rings (SSSR count). The van der Waals surface area contributed by atoms with Crippen LogP contribution in [-0.4, -0.2) is 37.0 Å². The lowest BCUT2D eigenvalue weighted by atomic mass is 10.5. The van der Waals surface area contributed by atoms with Crippen LogP contribution in [0, 0.1) is 0 Å². The van der Waals surface area contributed by atoms with Crippen LogP contribution in [-0.2, 0) is 4.79 Å². The zero-order chi connectivity index (χ0) is 9.56. The van der Waals surface area contributed by atoms with E-state index in [9.17, 15) is 9.59 Å². The maximum Gasteiger partial charge on any atom is 0.331 e. The van der Waals surface area contributed by atoms with Gasteiger partial charge >= 0.3 is 6.03 Å². The van der Waals surface area contributed by atoms with E-state index >= 15 is 0 Å². The van der Waals surface area contributed by atoms with Gasteiger partial charge in [-0.2, -0.15) is 0 Å². The summed E-state index contributed by atoms with van der Waals surface area (Å²) >= 11 is 0. The Hall–Kier alpha value is -1.30. The first kappa shape index (κ1) is 10.7. The minimum Gasteiger partial charge on any atom is -0.355 e. The minimum absolute atomic E-state index is 0.0108. The lowest BCUT2D eigenvalue weighted by molar-refractivity contribution is -0.121. The molecule has 0 aliphatic carbocycles. The monoisotopic (exact) mass is 174 g/mol. The zero-order valence-corrected chi connectivity index (χ0v) is 7.26. The van der Waals surface area contributed by atoms with Crippen molar-refractivity contribution in [3.63, 3.8) is 0 Å². The third-order valence-corrected chi connectivity index (χ3v) is 1.22. The molecule has 6 nitrogen and oxygen atoms in total. The van der Waals surface area contributed by atoms with Gasteiger partial charge < -0.3 is 10.2 Å². The third-order valence-electron chi connectivity index (χ3n) is 1.22. The average Bonchev–Trinajstić information content (AvgIpc) is 2.03. The number of likely N-dealkylation sites (N-methyl/N-ethyl adjacent to an activating group) is 2. The summed E-state index contributed by atoms with van der Waals surface area (Å²) in [6, 6.07) is -0.485. The van der Waals surface area contributed by atoms with Crippen molar-refractivity contribution < 1.29 is 9.59 Å². The molecule has 0 fully saturated rings. The fraction of sp³-hybridized carbons (Fsp3) is 0.667. The van der Waals surface area contributed by atoms with Crippen molar-refractivity contribution >= 4 is 11.9 Å². The van der Waals surface area contributed by atoms with Crippen LogP contribution in [0.2, 0.25) is 0 Å². The molecule has 0 aliphatic heterocycles. The smallest absolute Gasteiger partial charge is 0.331 e. The number of rotatable bonds is 3. The fourth-order valence-corrected chi connectivity index (χ4v) is 0.650. The molecule has 0 atom stereocenters. The maximum absolute atomic E-state index is 10.9. The van der Waals surface area contributed by atoms with Gasteiger partial charge in [0.1, 0.15) is 6.54 Å². The van der Waals surface area contributed by atoms with E-state index in [1.807, 2.05) is 5.43 Å². The predicted molar refractivity (Wildman–Crippen MR) is 44.0 cm³/mol. The normalized spacial score (nSPS) is 8.92. The van der Waals surface area contributed by atoms with Crippen LogP contribution in [0.5, 0.6) is 0 Å². The molecule has 0 aromatic carbocycles. The first-order valence-electron chi connectivity index (χ1n) is 3.60. The van der Waals surface area contributed by atoms with E-state index < -0.39 is 6.03 Å². The van der Waals surface area contributed by atoms with E-state index in [2.05, 4.69) is 5.32 Å². The highest BCUT2D eigenvalue weighted by atomic mass is 16.2. The number of amides is 3. The average molecular weight is 174 g/mol. The second-order valence-electron chi connectivity index (χ2n) is 2.26. The van der Waals surface area contributed by atoms with E-state index in [1.165, 1.54) is 11.9 Å². The molecule has 0 radical (unpaired) electrons. The van der Waals surface area contributed by atoms with Crippen molar-refractivity contribution in [2.45, 2.75) is 6.92 Å². The number of carbonyl (C=O) groups excluding carboxylic acids is 2. The van der Waals surface area contributed by atoms with Crippen LogP contribution in [0.4, 0.5) is 4.79 Å². The molecule has 0 spiro atoms. The molecule has 6 heteroatoms. The quantitative estimate of drug-likeness (QED) is 0.280. The summed E-state index contributed by atoms with van der Waals surface area (Å²) in [5, 5.41) is 2.55. The number of nitrogens with one attached hydrogen (secondary N) is 2. The fourth-order valence-electron chi connectivity index (χ4n) is 0.650. The second kappa shape index (κ2) is 5.36. The van der Waals surface area contributed by atoms with Gasteiger partial charge in [-0.15, -0.1) is 0 Å². The van der Waals surface area contributed by atoms with Crippen LogP contribution in [0.25, 0.3) is 0 Å². The molecular formula is C6H14N4O2. The summed E-state index contributed by atoms with van der Waals surface area (Å²) in [4.78, 5) is 22.8. The van der Waals surface area contributed by atoms with Gasteiger partial charge in [0, 0.05) is 13.6 Å². The molecule has 4 N–H and O–H groups in total. The standard InChI is InChI=1S/C6H14N4O2/c1-3-8-5(11)4-10(2)6(12)9-7/h3-4,7H2,1-2H3,(H,8,11)(H,9,12). The van der Waals surface area contributed by atoms with Crippen LogP contribution in [0.3, 0.4) is 0 Å². The summed E-state index contributed by atoms with van der Waals surface area (Å²) in [6.45, 7) is 2.37. The van der Waals surface area contributed by atoms with E-state index in [1.54, 1.807) is 6.92 Å². The summed E-state index contributed by atoms with van der Waals surface area (Å²) in [7, 11) is 1.48. The van der Waals surface area contributed by atoms with Crippen LogP contribution in [0.1, 0.15) is 6.92 Å². The maximum atomic E-state index is 10.9. The summed E-state index contributed by atoms with van der Waals surface area (Å²) in [5.41, 5.74) is 1.92. The topological polar surface area (TPSA) is 87.5 Å². The molecule has 0 heterocycles. The van der Waals surface area contributed by atoms with Gasteiger partial charge in [0.2, 0.25) is 5.91 Å². The number of carbonyl (C=O) groups is 2. The summed E-state index contributed by atoms with van der Waals surface area (Å²) in [6.07, 6.45) is 0. The molecule has 0 aromatic rings. The molecule has 3 amide bonds. The number of hydrogen-bond acceptors (Lipinski definition) is 3. The largest absolute Gasteiger partial charge is 0.355 e. The molecular weight excluding hydrogens is 160 g/mol. The van der Waals surface area contributed by atoms with Gasteiger partial charge in [-0.3, -0.25) is 10.2 Å². The SMILES string of the molecule is CCNC(=O)CN(C)C(=O)NN. The highest BCUT2D eigenvalue weighted by Gasteiger charge is 2.09. The van der Waals surface area contributed by atoms with Crippen molar-refractivity contribution in [2.24, 2.45) is 5.84 Å². The Morgan fingerprint density at radius 3 is 2.50 bits per heavy atom. The van der Waals surface area contributed by atoms with Gasteiger partial charge in [-0.25, -0.2) is 10.6 Å². The van der Waals surface area contributed by atoms with E-state index in [4.69, 9.17) is 5.84 Å². The van der Waals surface area contributed by atoms with Crippen molar-refractivity contribution in [2.75, 3.05) is 20.1 Å². The number of hydrogen-bond donors (Lipinski definition) is 3. The zero-order valence-electron chi connectivity index (χ0n) is 7.26. The van der Waals surface area contributed by atoms with Crippen molar-refractivity contribution in [1.82, 2.24) is 15.6 Å². The highest BCUT2D eigenvalue weighted by molar-refractivity contribution is 5.83. The number of nitrogens with two attached hydrogens (primary N) is 1. The van der Waals surface area contributed by atoms with Crippen LogP contribution in [0.15, 0.2) is 0 Å². The first-order chi connectivity index (χ1) is 5.61. The molecule has 12 heavy (non-hydrogen) atoms. The Labute approximate surface area is 71.1 Å². The van der Waals surface area contributed by atoms with E-state index in [0.29, 0.717) is 6.54 Å². The Morgan fingerprint density at radius 2 is 2.08 bits per heavy atom.